The summed E-state index contributed by atoms with van der Waals surface area (Å²) in [6.07, 6.45) is 8.62. The number of hydrogen-bond donors (Lipinski definition) is 3. The highest BCUT2D eigenvalue weighted by Crippen LogP contribution is 2.23. The molecule has 0 spiro atoms. The van der Waals surface area contributed by atoms with Crippen LogP contribution < -0.4 is 10.6 Å². The molecule has 104 valence electrons. The number of pyridine rings is 1. The molecule has 0 aromatic carbocycles. The van der Waals surface area contributed by atoms with Gasteiger partial charge in [-0.25, -0.2) is 4.79 Å². The van der Waals surface area contributed by atoms with Crippen molar-refractivity contribution >= 4 is 11.7 Å². The van der Waals surface area contributed by atoms with Crippen molar-refractivity contribution in [3.8, 4) is 0 Å². The molecule has 0 bridgehead atoms. The molecular formula is C14H21N3O2. The molecule has 2 rings (SSSR count). The molecule has 1 aromatic rings. The van der Waals surface area contributed by atoms with Crippen LogP contribution >= 0.6 is 0 Å². The maximum Gasteiger partial charge on any atom is 0.319 e. The number of amides is 2. The Kier molecular flexibility index (Phi) is 5.15. The van der Waals surface area contributed by atoms with E-state index in [-0.39, 0.29) is 24.6 Å². The first-order valence-electron chi connectivity index (χ1n) is 6.88. The number of aliphatic hydroxyl groups is 1. The molecule has 5 nitrogen and oxygen atoms in total. The second-order valence-corrected chi connectivity index (χ2v) is 5.02. The normalized spacial score (nSPS) is 23.4. The van der Waals surface area contributed by atoms with Gasteiger partial charge in [0, 0.05) is 36.6 Å². The first-order valence-corrected chi connectivity index (χ1v) is 6.88. The number of hydrogen-bond acceptors (Lipinski definition) is 3. The number of aliphatic hydroxyl groups excluding tert-OH is 1. The molecule has 1 fully saturated rings. The van der Waals surface area contributed by atoms with Crippen LogP contribution in [0, 0.1) is 5.92 Å². The minimum absolute atomic E-state index is 0.0642. The standard InChI is InChI=1S/C14H21N3O2/c18-10-11-4-2-1-3-5-13(11)17-14(19)16-12-6-8-15-9-7-12/h6-9,11,13,18H,1-5,10H2,(H2,15,16,17,19). The van der Waals surface area contributed by atoms with Crippen molar-refractivity contribution < 1.29 is 9.90 Å². The molecule has 2 atom stereocenters. The molecule has 1 saturated carbocycles. The van der Waals surface area contributed by atoms with Gasteiger partial charge in [-0.3, -0.25) is 4.98 Å². The fourth-order valence-electron chi connectivity index (χ4n) is 2.56. The first-order chi connectivity index (χ1) is 9.29. The summed E-state index contributed by atoms with van der Waals surface area (Å²) in [6, 6.07) is 3.35. The number of carbonyl (C=O) groups is 1. The van der Waals surface area contributed by atoms with Crippen LogP contribution in [0.4, 0.5) is 10.5 Å². The number of aromatic nitrogens is 1. The number of nitrogens with one attached hydrogen (secondary N) is 2. The molecule has 2 unspecified atom stereocenters. The van der Waals surface area contributed by atoms with Crippen molar-refractivity contribution in [3.63, 3.8) is 0 Å². The summed E-state index contributed by atoms with van der Waals surface area (Å²) in [5, 5.41) is 15.2. The Hall–Kier alpha value is -1.62. The number of carbonyl (C=O) groups excluding carboxylic acids is 1. The third-order valence-electron chi connectivity index (χ3n) is 3.65. The van der Waals surface area contributed by atoms with Crippen LogP contribution in [0.2, 0.25) is 0 Å². The number of rotatable bonds is 3. The number of urea groups is 1. The van der Waals surface area contributed by atoms with Gasteiger partial charge in [0.05, 0.1) is 0 Å². The molecule has 0 saturated heterocycles. The lowest BCUT2D eigenvalue weighted by Gasteiger charge is -2.24. The van der Waals surface area contributed by atoms with Gasteiger partial charge in [-0.15, -0.1) is 0 Å². The SMILES string of the molecule is O=C(Nc1ccncc1)NC1CCCCCC1CO. The van der Waals surface area contributed by atoms with Crippen LogP contribution in [0.3, 0.4) is 0 Å². The van der Waals surface area contributed by atoms with Crippen molar-refractivity contribution in [1.29, 1.82) is 0 Å². The van der Waals surface area contributed by atoms with Gasteiger partial charge in [0.2, 0.25) is 0 Å². The van der Waals surface area contributed by atoms with Gasteiger partial charge in [-0.1, -0.05) is 19.3 Å². The zero-order chi connectivity index (χ0) is 13.5. The molecular weight excluding hydrogens is 242 g/mol. The van der Waals surface area contributed by atoms with Gasteiger partial charge in [-0.2, -0.15) is 0 Å². The van der Waals surface area contributed by atoms with E-state index in [1.807, 2.05) is 0 Å². The van der Waals surface area contributed by atoms with E-state index in [9.17, 15) is 9.90 Å². The molecule has 3 N–H and O–H groups in total. The molecule has 0 radical (unpaired) electrons. The van der Waals surface area contributed by atoms with Crippen molar-refractivity contribution in [2.75, 3.05) is 11.9 Å². The second kappa shape index (κ2) is 7.09. The minimum Gasteiger partial charge on any atom is -0.396 e. The predicted molar refractivity (Wildman–Crippen MR) is 73.8 cm³/mol. The van der Waals surface area contributed by atoms with Crippen molar-refractivity contribution in [2.45, 2.75) is 38.1 Å². The topological polar surface area (TPSA) is 74.2 Å². The van der Waals surface area contributed by atoms with Crippen LogP contribution in [-0.2, 0) is 0 Å². The maximum atomic E-state index is 11.9. The van der Waals surface area contributed by atoms with E-state index in [1.165, 1.54) is 6.42 Å². The minimum atomic E-state index is -0.212. The molecule has 2 amide bonds. The van der Waals surface area contributed by atoms with Gasteiger partial charge >= 0.3 is 6.03 Å². The monoisotopic (exact) mass is 263 g/mol. The van der Waals surface area contributed by atoms with Crippen LogP contribution in [0.25, 0.3) is 0 Å². The van der Waals surface area contributed by atoms with E-state index in [0.717, 1.165) is 31.4 Å². The predicted octanol–water partition coefficient (Wildman–Crippen LogP) is 2.14. The van der Waals surface area contributed by atoms with Crippen molar-refractivity contribution in [2.24, 2.45) is 5.92 Å². The first kappa shape index (κ1) is 13.8. The lowest BCUT2D eigenvalue weighted by molar-refractivity contribution is 0.182. The van der Waals surface area contributed by atoms with E-state index in [0.29, 0.717) is 0 Å². The summed E-state index contributed by atoms with van der Waals surface area (Å²) >= 11 is 0. The van der Waals surface area contributed by atoms with Gasteiger partial charge in [0.25, 0.3) is 0 Å². The van der Waals surface area contributed by atoms with Gasteiger partial charge in [0.1, 0.15) is 0 Å². The fourth-order valence-corrected chi connectivity index (χ4v) is 2.56. The Labute approximate surface area is 113 Å². The zero-order valence-corrected chi connectivity index (χ0v) is 11.0. The lowest BCUT2D eigenvalue weighted by atomic mass is 9.96. The highest BCUT2D eigenvalue weighted by Gasteiger charge is 2.24. The third kappa shape index (κ3) is 4.21. The van der Waals surface area contributed by atoms with E-state index in [2.05, 4.69) is 15.6 Å². The zero-order valence-electron chi connectivity index (χ0n) is 11.0. The third-order valence-corrected chi connectivity index (χ3v) is 3.65. The Morgan fingerprint density at radius 1 is 1.26 bits per heavy atom. The largest absolute Gasteiger partial charge is 0.396 e. The molecule has 5 heteroatoms. The molecule has 19 heavy (non-hydrogen) atoms. The molecule has 0 aliphatic heterocycles. The highest BCUT2D eigenvalue weighted by molar-refractivity contribution is 5.89. The summed E-state index contributed by atoms with van der Waals surface area (Å²) in [7, 11) is 0. The Morgan fingerprint density at radius 2 is 2.00 bits per heavy atom. The summed E-state index contributed by atoms with van der Waals surface area (Å²) in [5.41, 5.74) is 0.724. The summed E-state index contributed by atoms with van der Waals surface area (Å²) in [6.45, 7) is 0.139. The van der Waals surface area contributed by atoms with Crippen LogP contribution in [0.15, 0.2) is 24.5 Å². The average Bonchev–Trinajstić information content (AvgIpc) is 2.64. The van der Waals surface area contributed by atoms with Gasteiger partial charge in [-0.05, 0) is 25.0 Å². The molecule has 1 aliphatic rings. The average molecular weight is 263 g/mol. The van der Waals surface area contributed by atoms with Crippen LogP contribution in [0.5, 0.6) is 0 Å². The molecule has 1 aromatic heterocycles. The maximum absolute atomic E-state index is 11.9. The van der Waals surface area contributed by atoms with Crippen LogP contribution in [0.1, 0.15) is 32.1 Å². The fraction of sp³-hybridized carbons (Fsp3) is 0.571. The molecule has 1 aliphatic carbocycles. The van der Waals surface area contributed by atoms with Gasteiger partial charge in [0.15, 0.2) is 0 Å². The number of nitrogens with zero attached hydrogens (tertiary/aromatic N) is 1. The van der Waals surface area contributed by atoms with Crippen molar-refractivity contribution in [3.05, 3.63) is 24.5 Å². The van der Waals surface area contributed by atoms with E-state index in [4.69, 9.17) is 0 Å². The summed E-state index contributed by atoms with van der Waals surface area (Å²) < 4.78 is 0. The Bertz CT molecular complexity index is 397. The second-order valence-electron chi connectivity index (χ2n) is 5.02. The highest BCUT2D eigenvalue weighted by atomic mass is 16.3. The van der Waals surface area contributed by atoms with E-state index in [1.54, 1.807) is 24.5 Å². The Balaban J connectivity index is 1.89. The molecule has 1 heterocycles. The van der Waals surface area contributed by atoms with E-state index < -0.39 is 0 Å². The summed E-state index contributed by atoms with van der Waals surface area (Å²) in [5.74, 6) is 0.172. The number of anilines is 1. The lowest BCUT2D eigenvalue weighted by Crippen LogP contribution is -2.43. The van der Waals surface area contributed by atoms with Crippen LogP contribution in [-0.4, -0.2) is 28.8 Å². The Morgan fingerprint density at radius 3 is 2.74 bits per heavy atom. The van der Waals surface area contributed by atoms with Gasteiger partial charge < -0.3 is 15.7 Å². The smallest absolute Gasteiger partial charge is 0.319 e. The summed E-state index contributed by atoms with van der Waals surface area (Å²) in [4.78, 5) is 15.8. The quantitative estimate of drug-likeness (QED) is 0.731. The van der Waals surface area contributed by atoms with E-state index >= 15 is 0 Å². The van der Waals surface area contributed by atoms with Crippen molar-refractivity contribution in [1.82, 2.24) is 10.3 Å².